The van der Waals surface area contributed by atoms with Gasteiger partial charge in [-0.15, -0.1) is 0 Å². The Morgan fingerprint density at radius 2 is 0.882 bits per heavy atom. The fraction of sp³-hybridized carbons (Fsp3) is 0.552. The summed E-state index contributed by atoms with van der Waals surface area (Å²) in [6.07, 6.45) is 4.97. The molecule has 2 saturated heterocycles. The molecule has 4 aliphatic rings. The summed E-state index contributed by atoms with van der Waals surface area (Å²) in [5.74, 6) is -3.17. The highest BCUT2D eigenvalue weighted by Crippen LogP contribution is 2.33. The molecule has 0 aromatic heterocycles. The lowest BCUT2D eigenvalue weighted by Gasteiger charge is -2.44. The lowest BCUT2D eigenvalue weighted by molar-refractivity contribution is -0.148. The fourth-order valence-electron chi connectivity index (χ4n) is 10.7. The molecule has 76 heavy (non-hydrogen) atoms. The average Bonchev–Trinajstić information content (AvgIpc) is 3.41. The summed E-state index contributed by atoms with van der Waals surface area (Å²) >= 11 is 0. The van der Waals surface area contributed by atoms with Crippen LogP contribution in [-0.4, -0.2) is 157 Å². The molecule has 6 N–H and O–H groups in total. The standard InChI is InChI=1S/C56H76N10O8.C2H6/c1-55(2,3)47(61-45(67)31-57-7)53(73)65-29-27-63(33-43(65)49(69)59-41-21-13-17-35-15-9-11-19-39(35)41)51(71)37-23-25-38(26-24-37)52(72)64-28-30-66(54(74)48(56(4,5)6)62-46(68)32-58-8)44(34-64)50(70)60-42-22-14-18-36-16-10-12-20-40(36)42;1-2/h9-12,15-16,19-20,23-26,41-44,47-48,57-58H,13-14,17-18,21-22,27-34H2,1-8H3,(H,59,69)(H,60,70)(H,61,67)(H,62,68);1-2H3. The second-order valence-electron chi connectivity index (χ2n) is 22.3. The van der Waals surface area contributed by atoms with E-state index in [0.717, 1.165) is 47.9 Å². The molecule has 6 unspecified atom stereocenters. The fourth-order valence-corrected chi connectivity index (χ4v) is 10.7. The highest BCUT2D eigenvalue weighted by molar-refractivity contribution is 6.00. The number of hydrogen-bond donors (Lipinski definition) is 6. The lowest BCUT2D eigenvalue weighted by Crippen LogP contribution is -2.66. The van der Waals surface area contributed by atoms with Crippen LogP contribution in [0.5, 0.6) is 0 Å². The first kappa shape index (κ1) is 58.6. The van der Waals surface area contributed by atoms with Gasteiger partial charge < -0.3 is 51.5 Å². The molecular weight excluding hydrogens is 965 g/mol. The summed E-state index contributed by atoms with van der Waals surface area (Å²) in [5, 5.41) is 17.8. The summed E-state index contributed by atoms with van der Waals surface area (Å²) in [4.78, 5) is 119. The largest absolute Gasteiger partial charge is 0.347 e. The number of nitrogens with one attached hydrogen (secondary N) is 6. The molecule has 2 aliphatic carbocycles. The van der Waals surface area contributed by atoms with Gasteiger partial charge in [0, 0.05) is 37.3 Å². The molecule has 3 aromatic rings. The quantitative estimate of drug-likeness (QED) is 0.137. The van der Waals surface area contributed by atoms with E-state index in [-0.39, 0.29) is 87.4 Å². The van der Waals surface area contributed by atoms with Crippen LogP contribution in [0.3, 0.4) is 0 Å². The molecule has 2 aliphatic heterocycles. The molecule has 2 fully saturated rings. The van der Waals surface area contributed by atoms with Crippen molar-refractivity contribution >= 4 is 47.3 Å². The van der Waals surface area contributed by atoms with E-state index < -0.39 is 70.4 Å². The molecule has 412 valence electrons. The highest BCUT2D eigenvalue weighted by Gasteiger charge is 2.46. The monoisotopic (exact) mass is 1050 g/mol. The van der Waals surface area contributed by atoms with Gasteiger partial charge in [0.15, 0.2) is 0 Å². The zero-order valence-electron chi connectivity index (χ0n) is 46.3. The van der Waals surface area contributed by atoms with Crippen molar-refractivity contribution in [3.8, 4) is 0 Å². The van der Waals surface area contributed by atoms with E-state index >= 15 is 0 Å². The van der Waals surface area contributed by atoms with Crippen LogP contribution >= 0.6 is 0 Å². The predicted octanol–water partition coefficient (Wildman–Crippen LogP) is 3.91. The third-order valence-corrected chi connectivity index (χ3v) is 14.8. The summed E-state index contributed by atoms with van der Waals surface area (Å²) in [6.45, 7) is 15.2. The molecule has 6 atom stereocenters. The van der Waals surface area contributed by atoms with Crippen LogP contribution in [0.25, 0.3) is 0 Å². The Morgan fingerprint density at radius 1 is 0.526 bits per heavy atom. The van der Waals surface area contributed by atoms with Crippen LogP contribution in [-0.2, 0) is 41.6 Å². The molecule has 3 aromatic carbocycles. The van der Waals surface area contributed by atoms with Crippen LogP contribution in [0, 0.1) is 10.8 Å². The third kappa shape index (κ3) is 14.0. The smallest absolute Gasteiger partial charge is 0.253 e. The van der Waals surface area contributed by atoms with E-state index in [4.69, 9.17) is 0 Å². The van der Waals surface area contributed by atoms with E-state index in [0.29, 0.717) is 12.8 Å². The van der Waals surface area contributed by atoms with Gasteiger partial charge in [0.25, 0.3) is 11.8 Å². The number of aryl methyl sites for hydroxylation is 2. The minimum atomic E-state index is -1.08. The van der Waals surface area contributed by atoms with Crippen molar-refractivity contribution in [2.24, 2.45) is 10.8 Å². The number of carbonyl (C=O) groups is 8. The molecule has 7 rings (SSSR count). The number of likely N-dealkylation sites (N-methyl/N-ethyl adjacent to an activating group) is 2. The Hall–Kier alpha value is -6.66. The maximum atomic E-state index is 14.6. The normalized spacial score (nSPS) is 20.3. The second-order valence-corrected chi connectivity index (χ2v) is 22.3. The molecule has 18 nitrogen and oxygen atoms in total. The van der Waals surface area contributed by atoms with Gasteiger partial charge in [-0.3, -0.25) is 38.4 Å². The van der Waals surface area contributed by atoms with Crippen LogP contribution in [0.15, 0.2) is 72.8 Å². The van der Waals surface area contributed by atoms with Crippen molar-refractivity contribution in [3.63, 3.8) is 0 Å². The number of piperazine rings is 2. The van der Waals surface area contributed by atoms with Crippen molar-refractivity contribution in [2.45, 2.75) is 130 Å². The minimum Gasteiger partial charge on any atom is -0.347 e. The number of rotatable bonds is 14. The Balaban J connectivity index is 0.00000463. The summed E-state index contributed by atoms with van der Waals surface area (Å²) in [6, 6.07) is 17.5. The van der Waals surface area contributed by atoms with Crippen LogP contribution in [0.1, 0.15) is 136 Å². The van der Waals surface area contributed by atoms with Crippen molar-refractivity contribution in [1.29, 1.82) is 0 Å². The van der Waals surface area contributed by atoms with Gasteiger partial charge in [-0.25, -0.2) is 0 Å². The summed E-state index contributed by atoms with van der Waals surface area (Å²) in [7, 11) is 3.28. The highest BCUT2D eigenvalue weighted by atomic mass is 16.2. The first-order valence-corrected chi connectivity index (χ1v) is 27.1. The molecule has 0 bridgehead atoms. The van der Waals surface area contributed by atoms with Gasteiger partial charge in [-0.05, 0) is 110 Å². The third-order valence-electron chi connectivity index (χ3n) is 14.8. The average molecular weight is 1050 g/mol. The van der Waals surface area contributed by atoms with Crippen LogP contribution in [0.4, 0.5) is 0 Å². The van der Waals surface area contributed by atoms with Gasteiger partial charge in [0.05, 0.1) is 38.3 Å². The Labute approximate surface area is 449 Å². The topological polar surface area (TPSA) is 222 Å². The maximum Gasteiger partial charge on any atom is 0.253 e. The van der Waals surface area contributed by atoms with Crippen molar-refractivity contribution in [3.05, 3.63) is 106 Å². The van der Waals surface area contributed by atoms with E-state index in [2.05, 4.69) is 44.0 Å². The van der Waals surface area contributed by atoms with Gasteiger partial charge in [0.2, 0.25) is 35.4 Å². The number of carbonyl (C=O) groups excluding carboxylic acids is 8. The van der Waals surface area contributed by atoms with Gasteiger partial charge >= 0.3 is 0 Å². The number of amides is 8. The predicted molar refractivity (Wildman–Crippen MR) is 292 cm³/mol. The number of benzene rings is 3. The van der Waals surface area contributed by atoms with Crippen LogP contribution < -0.4 is 31.9 Å². The van der Waals surface area contributed by atoms with Crippen molar-refractivity contribution < 1.29 is 38.4 Å². The second kappa shape index (κ2) is 25.9. The van der Waals surface area contributed by atoms with Gasteiger partial charge in [0.1, 0.15) is 24.2 Å². The summed E-state index contributed by atoms with van der Waals surface area (Å²) < 4.78 is 0. The van der Waals surface area contributed by atoms with E-state index in [1.807, 2.05) is 91.8 Å². The Kier molecular flexibility index (Phi) is 20.0. The summed E-state index contributed by atoms with van der Waals surface area (Å²) in [5.41, 5.74) is 3.46. The van der Waals surface area contributed by atoms with E-state index in [1.54, 1.807) is 48.2 Å². The number of hydrogen-bond acceptors (Lipinski definition) is 10. The zero-order valence-corrected chi connectivity index (χ0v) is 46.3. The minimum absolute atomic E-state index is 0.000708. The Morgan fingerprint density at radius 3 is 1.22 bits per heavy atom. The van der Waals surface area contributed by atoms with Crippen molar-refractivity contribution in [2.75, 3.05) is 66.5 Å². The molecule has 8 amide bonds. The molecule has 0 saturated carbocycles. The van der Waals surface area contributed by atoms with E-state index in [1.165, 1.54) is 9.80 Å². The molecule has 0 spiro atoms. The maximum absolute atomic E-state index is 14.6. The van der Waals surface area contributed by atoms with Gasteiger partial charge in [-0.2, -0.15) is 0 Å². The first-order chi connectivity index (χ1) is 36.2. The SMILES string of the molecule is CC.CNCC(=O)NC(C(=O)N1CCN(C(=O)c2ccc(C(=O)N3CCN(C(=O)C(NC(=O)CNC)C(C)(C)C)C(C(=O)NC4CCCc5ccccc54)C3)cc2)CC1C(=O)NC1CCCc2ccccc21)C(C)(C)C. The van der Waals surface area contributed by atoms with Crippen molar-refractivity contribution in [1.82, 2.24) is 51.5 Å². The Bertz CT molecular complexity index is 2400. The van der Waals surface area contributed by atoms with Crippen LogP contribution in [0.2, 0.25) is 0 Å². The molecule has 2 heterocycles. The molecule has 18 heteroatoms. The van der Waals surface area contributed by atoms with Gasteiger partial charge in [-0.1, -0.05) is 104 Å². The lowest BCUT2D eigenvalue weighted by atomic mass is 9.85. The first-order valence-electron chi connectivity index (χ1n) is 27.1. The zero-order chi connectivity index (χ0) is 55.5. The molecular formula is C58H82N10O8. The number of fused-ring (bicyclic) bond motifs is 2. The molecule has 0 radical (unpaired) electrons. The van der Waals surface area contributed by atoms with E-state index in [9.17, 15) is 38.4 Å². The number of nitrogens with zero attached hydrogens (tertiary/aromatic N) is 4.